The Morgan fingerprint density at radius 3 is 2.59 bits per heavy atom. The first-order chi connectivity index (χ1) is 7.83. The lowest BCUT2D eigenvalue weighted by molar-refractivity contribution is -0.0103. The second kappa shape index (κ2) is 5.69. The Bertz CT molecular complexity index is 263. The van der Waals surface area contributed by atoms with E-state index in [2.05, 4.69) is 4.90 Å². The van der Waals surface area contributed by atoms with Gasteiger partial charge in [-0.2, -0.15) is 0 Å². The molecule has 0 aliphatic carbocycles. The molecule has 0 radical (unpaired) electrons. The summed E-state index contributed by atoms with van der Waals surface area (Å²) in [4.78, 5) is 15.8. The molecule has 17 heavy (non-hydrogen) atoms. The van der Waals surface area contributed by atoms with Crippen molar-refractivity contribution in [2.75, 3.05) is 33.2 Å². The van der Waals surface area contributed by atoms with E-state index in [0.717, 1.165) is 26.1 Å². The molecule has 1 unspecified atom stereocenters. The van der Waals surface area contributed by atoms with Gasteiger partial charge < -0.3 is 20.3 Å². The van der Waals surface area contributed by atoms with Gasteiger partial charge in [-0.3, -0.25) is 0 Å². The van der Waals surface area contributed by atoms with Crippen molar-refractivity contribution in [2.24, 2.45) is 5.73 Å². The summed E-state index contributed by atoms with van der Waals surface area (Å²) in [5, 5.41) is 0. The van der Waals surface area contributed by atoms with Gasteiger partial charge in [0.2, 0.25) is 0 Å². The molecule has 1 atom stereocenters. The van der Waals surface area contributed by atoms with Crippen LogP contribution in [0.4, 0.5) is 4.79 Å². The molecule has 1 heterocycles. The summed E-state index contributed by atoms with van der Waals surface area (Å²) in [6.07, 6.45) is 0.851. The lowest BCUT2D eigenvalue weighted by Crippen LogP contribution is -2.56. The van der Waals surface area contributed by atoms with Gasteiger partial charge in [-0.1, -0.05) is 0 Å². The van der Waals surface area contributed by atoms with Gasteiger partial charge in [0, 0.05) is 32.2 Å². The predicted octanol–water partition coefficient (Wildman–Crippen LogP) is 0.886. The van der Waals surface area contributed by atoms with E-state index in [-0.39, 0.29) is 12.1 Å². The number of carbonyl (C=O) groups excluding carboxylic acids is 1. The molecule has 1 amide bonds. The number of nitrogens with zero attached hydrogens (tertiary/aromatic N) is 2. The highest BCUT2D eigenvalue weighted by atomic mass is 16.6. The van der Waals surface area contributed by atoms with E-state index in [9.17, 15) is 4.79 Å². The van der Waals surface area contributed by atoms with Crippen molar-refractivity contribution in [3.8, 4) is 0 Å². The fourth-order valence-electron chi connectivity index (χ4n) is 1.86. The van der Waals surface area contributed by atoms with Crippen molar-refractivity contribution in [1.82, 2.24) is 9.80 Å². The molecular formula is C12H25N3O2. The number of carbonyl (C=O) groups is 1. The van der Waals surface area contributed by atoms with Crippen molar-refractivity contribution < 1.29 is 9.53 Å². The molecule has 5 heteroatoms. The zero-order chi connectivity index (χ0) is 13.1. The summed E-state index contributed by atoms with van der Waals surface area (Å²) in [6, 6.07) is 0.279. The Labute approximate surface area is 104 Å². The standard InChI is InChI=1S/C12H25N3O2/c1-12(2,3)17-11(16)15-7-5-10(15)9-14(4)8-6-13/h10H,5-9,13H2,1-4H3. The summed E-state index contributed by atoms with van der Waals surface area (Å²) in [7, 11) is 2.03. The molecule has 0 aromatic rings. The Hall–Kier alpha value is -0.810. The molecule has 1 rings (SSSR count). The van der Waals surface area contributed by atoms with Crippen molar-refractivity contribution in [2.45, 2.75) is 38.8 Å². The number of likely N-dealkylation sites (tertiary alicyclic amines) is 1. The summed E-state index contributed by atoms with van der Waals surface area (Å²) >= 11 is 0. The first kappa shape index (κ1) is 14.3. The fourth-order valence-corrected chi connectivity index (χ4v) is 1.86. The molecule has 5 nitrogen and oxygen atoms in total. The second-order valence-electron chi connectivity index (χ2n) is 5.67. The Morgan fingerprint density at radius 2 is 2.18 bits per heavy atom. The Morgan fingerprint density at radius 1 is 1.53 bits per heavy atom. The molecule has 0 bridgehead atoms. The molecule has 0 saturated carbocycles. The van der Waals surface area contributed by atoms with Crippen LogP contribution in [-0.4, -0.2) is 60.8 Å². The van der Waals surface area contributed by atoms with Gasteiger partial charge in [0.15, 0.2) is 0 Å². The third kappa shape index (κ3) is 4.52. The van der Waals surface area contributed by atoms with E-state index >= 15 is 0 Å². The predicted molar refractivity (Wildman–Crippen MR) is 67.9 cm³/mol. The average Bonchev–Trinajstić information content (AvgIpc) is 2.09. The molecule has 2 N–H and O–H groups in total. The van der Waals surface area contributed by atoms with E-state index in [4.69, 9.17) is 10.5 Å². The number of nitrogens with two attached hydrogens (primary N) is 1. The van der Waals surface area contributed by atoms with E-state index in [1.54, 1.807) is 4.90 Å². The minimum atomic E-state index is -0.416. The largest absolute Gasteiger partial charge is 0.444 e. The average molecular weight is 243 g/mol. The van der Waals surface area contributed by atoms with Crippen molar-refractivity contribution in [3.63, 3.8) is 0 Å². The van der Waals surface area contributed by atoms with Crippen LogP contribution >= 0.6 is 0 Å². The quantitative estimate of drug-likeness (QED) is 0.796. The number of likely N-dealkylation sites (N-methyl/N-ethyl adjacent to an activating group) is 1. The van der Waals surface area contributed by atoms with Gasteiger partial charge in [0.25, 0.3) is 0 Å². The fraction of sp³-hybridized carbons (Fsp3) is 0.917. The number of amides is 1. The van der Waals surface area contributed by atoms with Crippen molar-refractivity contribution >= 4 is 6.09 Å². The maximum absolute atomic E-state index is 11.9. The number of rotatable bonds is 4. The molecule has 0 aromatic heterocycles. The third-order valence-electron chi connectivity index (χ3n) is 2.81. The highest BCUT2D eigenvalue weighted by Gasteiger charge is 2.35. The van der Waals surface area contributed by atoms with Crippen LogP contribution in [0.2, 0.25) is 0 Å². The minimum Gasteiger partial charge on any atom is -0.444 e. The van der Waals surface area contributed by atoms with Gasteiger partial charge in [0.1, 0.15) is 5.60 Å². The molecule has 0 aromatic carbocycles. The van der Waals surface area contributed by atoms with Gasteiger partial charge in [-0.25, -0.2) is 4.79 Å². The van der Waals surface area contributed by atoms with E-state index < -0.39 is 5.60 Å². The normalized spacial score (nSPS) is 20.4. The third-order valence-corrected chi connectivity index (χ3v) is 2.81. The van der Waals surface area contributed by atoms with E-state index in [1.807, 2.05) is 27.8 Å². The topological polar surface area (TPSA) is 58.8 Å². The zero-order valence-corrected chi connectivity index (χ0v) is 11.4. The van der Waals surface area contributed by atoms with Crippen LogP contribution < -0.4 is 5.73 Å². The highest BCUT2D eigenvalue weighted by molar-refractivity contribution is 5.69. The summed E-state index contributed by atoms with van der Waals surface area (Å²) < 4.78 is 5.36. The number of hydrogen-bond acceptors (Lipinski definition) is 4. The first-order valence-corrected chi connectivity index (χ1v) is 6.21. The molecule has 100 valence electrons. The first-order valence-electron chi connectivity index (χ1n) is 6.21. The highest BCUT2D eigenvalue weighted by Crippen LogP contribution is 2.21. The molecule has 1 aliphatic rings. The molecular weight excluding hydrogens is 218 g/mol. The number of ether oxygens (including phenoxy) is 1. The maximum Gasteiger partial charge on any atom is 0.410 e. The van der Waals surface area contributed by atoms with Gasteiger partial charge in [-0.15, -0.1) is 0 Å². The monoisotopic (exact) mass is 243 g/mol. The minimum absolute atomic E-state index is 0.199. The van der Waals surface area contributed by atoms with E-state index in [0.29, 0.717) is 6.54 Å². The van der Waals surface area contributed by atoms with Crippen LogP contribution in [0.5, 0.6) is 0 Å². The van der Waals surface area contributed by atoms with Crippen LogP contribution in [-0.2, 0) is 4.74 Å². The van der Waals surface area contributed by atoms with Crippen LogP contribution in [0, 0.1) is 0 Å². The molecule has 0 spiro atoms. The van der Waals surface area contributed by atoms with Crippen molar-refractivity contribution in [1.29, 1.82) is 0 Å². The van der Waals surface area contributed by atoms with Crippen LogP contribution in [0.25, 0.3) is 0 Å². The van der Waals surface area contributed by atoms with Crippen molar-refractivity contribution in [3.05, 3.63) is 0 Å². The lowest BCUT2D eigenvalue weighted by atomic mass is 10.0. The maximum atomic E-state index is 11.9. The lowest BCUT2D eigenvalue weighted by Gasteiger charge is -2.42. The zero-order valence-electron chi connectivity index (χ0n) is 11.4. The Balaban J connectivity index is 2.38. The summed E-state index contributed by atoms with van der Waals surface area (Å²) in [5.41, 5.74) is 5.08. The molecule has 1 fully saturated rings. The second-order valence-corrected chi connectivity index (χ2v) is 5.67. The van der Waals surface area contributed by atoms with Crippen LogP contribution in [0.3, 0.4) is 0 Å². The summed E-state index contributed by atoms with van der Waals surface area (Å²) in [5.74, 6) is 0. The summed E-state index contributed by atoms with van der Waals surface area (Å²) in [6.45, 7) is 8.85. The SMILES string of the molecule is CN(CCN)CC1CCN1C(=O)OC(C)(C)C. The van der Waals surface area contributed by atoms with Crippen LogP contribution in [0.1, 0.15) is 27.2 Å². The smallest absolute Gasteiger partial charge is 0.410 e. The van der Waals surface area contributed by atoms with Gasteiger partial charge in [-0.05, 0) is 34.2 Å². The number of hydrogen-bond donors (Lipinski definition) is 1. The Kier molecular flexibility index (Phi) is 4.77. The van der Waals surface area contributed by atoms with E-state index in [1.165, 1.54) is 0 Å². The molecule has 1 aliphatic heterocycles. The van der Waals surface area contributed by atoms with Crippen LogP contribution in [0.15, 0.2) is 0 Å². The van der Waals surface area contributed by atoms with Gasteiger partial charge >= 0.3 is 6.09 Å². The molecule has 1 saturated heterocycles. The van der Waals surface area contributed by atoms with Gasteiger partial charge in [0.05, 0.1) is 0 Å².